The van der Waals surface area contributed by atoms with Gasteiger partial charge in [0.1, 0.15) is 5.60 Å². The first-order valence-corrected chi connectivity index (χ1v) is 6.57. The Hall–Kier alpha value is -1.25. The van der Waals surface area contributed by atoms with Gasteiger partial charge in [0.25, 0.3) is 0 Å². The molecule has 1 amide bonds. The average molecular weight is 251 g/mol. The number of nitrogens with one attached hydrogen (secondary N) is 1. The van der Waals surface area contributed by atoms with Gasteiger partial charge in [-0.15, -0.1) is 13.2 Å². The van der Waals surface area contributed by atoms with Crippen molar-refractivity contribution in [1.82, 2.24) is 5.32 Å². The van der Waals surface area contributed by atoms with Crippen LogP contribution < -0.4 is 5.32 Å². The van der Waals surface area contributed by atoms with E-state index in [1.165, 1.54) is 0 Å². The molecule has 0 aliphatic heterocycles. The Bertz CT molecular complexity index is 317. The zero-order valence-corrected chi connectivity index (χ0v) is 11.7. The first-order chi connectivity index (χ1) is 8.35. The summed E-state index contributed by atoms with van der Waals surface area (Å²) in [4.78, 5) is 11.6. The molecule has 3 atom stereocenters. The molecule has 0 radical (unpaired) electrons. The Labute approximate surface area is 110 Å². The fraction of sp³-hybridized carbons (Fsp3) is 0.667. The molecule has 0 aromatic carbocycles. The third kappa shape index (κ3) is 4.55. The van der Waals surface area contributed by atoms with Crippen LogP contribution in [0.5, 0.6) is 0 Å². The largest absolute Gasteiger partial charge is 0.444 e. The van der Waals surface area contributed by atoms with Crippen LogP contribution in [0.25, 0.3) is 0 Å². The summed E-state index contributed by atoms with van der Waals surface area (Å²) in [7, 11) is 0. The Balaban J connectivity index is 2.40. The monoisotopic (exact) mass is 251 g/mol. The molecule has 0 spiro atoms. The van der Waals surface area contributed by atoms with Crippen molar-refractivity contribution in [3.63, 3.8) is 0 Å². The van der Waals surface area contributed by atoms with Crippen LogP contribution in [0.2, 0.25) is 0 Å². The van der Waals surface area contributed by atoms with E-state index < -0.39 is 5.60 Å². The van der Waals surface area contributed by atoms with E-state index in [0.29, 0.717) is 24.3 Å². The van der Waals surface area contributed by atoms with E-state index in [1.807, 2.05) is 32.9 Å². The normalized spacial score (nSPS) is 27.6. The number of alkyl carbamates (subject to hydrolysis) is 1. The molecule has 3 nitrogen and oxygen atoms in total. The van der Waals surface area contributed by atoms with Crippen molar-refractivity contribution in [3.05, 3.63) is 25.3 Å². The van der Waals surface area contributed by atoms with E-state index in [1.54, 1.807) is 0 Å². The molecule has 1 aliphatic carbocycles. The molecule has 1 N–H and O–H groups in total. The topological polar surface area (TPSA) is 38.3 Å². The van der Waals surface area contributed by atoms with Gasteiger partial charge < -0.3 is 10.1 Å². The molecule has 0 aromatic rings. The molecule has 0 heterocycles. The zero-order chi connectivity index (χ0) is 13.8. The van der Waals surface area contributed by atoms with Crippen LogP contribution >= 0.6 is 0 Å². The lowest BCUT2D eigenvalue weighted by molar-refractivity contribution is 0.0517. The number of carbonyl (C=O) groups excluding carboxylic acids is 1. The molecule has 3 unspecified atom stereocenters. The number of allylic oxidation sites excluding steroid dienone is 2. The molecule has 0 aromatic heterocycles. The van der Waals surface area contributed by atoms with Gasteiger partial charge in [-0.25, -0.2) is 4.79 Å². The van der Waals surface area contributed by atoms with Crippen LogP contribution in [0.1, 0.15) is 33.6 Å². The minimum Gasteiger partial charge on any atom is -0.444 e. The summed E-state index contributed by atoms with van der Waals surface area (Å²) in [6.45, 7) is 14.0. The maximum atomic E-state index is 11.6. The Morgan fingerprint density at radius 2 is 2.00 bits per heavy atom. The highest BCUT2D eigenvalue weighted by Gasteiger charge is 2.31. The van der Waals surface area contributed by atoms with Gasteiger partial charge in [0.2, 0.25) is 0 Å². The van der Waals surface area contributed by atoms with Gasteiger partial charge in [-0.05, 0) is 51.4 Å². The summed E-state index contributed by atoms with van der Waals surface area (Å²) in [5, 5.41) is 2.85. The average Bonchev–Trinajstić information content (AvgIpc) is 2.66. The molecule has 1 aliphatic rings. The van der Waals surface area contributed by atoms with Crippen molar-refractivity contribution in [1.29, 1.82) is 0 Å². The van der Waals surface area contributed by atoms with Crippen LogP contribution in [0.4, 0.5) is 4.79 Å². The van der Waals surface area contributed by atoms with Crippen molar-refractivity contribution >= 4 is 6.09 Å². The lowest BCUT2D eigenvalue weighted by Crippen LogP contribution is -2.35. The van der Waals surface area contributed by atoms with Crippen LogP contribution in [-0.2, 0) is 4.74 Å². The highest BCUT2D eigenvalue weighted by molar-refractivity contribution is 5.67. The smallest absolute Gasteiger partial charge is 0.407 e. The maximum Gasteiger partial charge on any atom is 0.407 e. The standard InChI is InChI=1S/C15H25NO2/c1-6-11-8-12(7-2)13(9-11)10-16-14(17)18-15(3,4)5/h6-7,11-13H,1-2,8-10H2,3-5H3,(H,16,17). The summed E-state index contributed by atoms with van der Waals surface area (Å²) in [5.41, 5.74) is -0.443. The second-order valence-electron chi connectivity index (χ2n) is 6.01. The minimum absolute atomic E-state index is 0.340. The van der Waals surface area contributed by atoms with Crippen molar-refractivity contribution in [2.75, 3.05) is 6.54 Å². The Morgan fingerprint density at radius 1 is 1.33 bits per heavy atom. The summed E-state index contributed by atoms with van der Waals surface area (Å²) in [6, 6.07) is 0. The van der Waals surface area contributed by atoms with Gasteiger partial charge in [-0.2, -0.15) is 0 Å². The van der Waals surface area contributed by atoms with Crippen molar-refractivity contribution in [2.45, 2.75) is 39.2 Å². The van der Waals surface area contributed by atoms with E-state index >= 15 is 0 Å². The fourth-order valence-corrected chi connectivity index (χ4v) is 2.45. The van der Waals surface area contributed by atoms with Crippen molar-refractivity contribution in [3.8, 4) is 0 Å². The third-order valence-electron chi connectivity index (χ3n) is 3.33. The third-order valence-corrected chi connectivity index (χ3v) is 3.33. The fourth-order valence-electron chi connectivity index (χ4n) is 2.45. The van der Waals surface area contributed by atoms with E-state index in [0.717, 1.165) is 12.8 Å². The second-order valence-corrected chi connectivity index (χ2v) is 6.01. The first-order valence-electron chi connectivity index (χ1n) is 6.57. The van der Waals surface area contributed by atoms with Gasteiger partial charge in [-0.3, -0.25) is 0 Å². The quantitative estimate of drug-likeness (QED) is 0.776. The number of hydrogen-bond acceptors (Lipinski definition) is 2. The Kier molecular flexibility index (Phi) is 5.00. The first kappa shape index (κ1) is 14.8. The van der Waals surface area contributed by atoms with Gasteiger partial charge in [0.05, 0.1) is 0 Å². The summed E-state index contributed by atoms with van der Waals surface area (Å²) in [5.74, 6) is 1.44. The number of amides is 1. The molecule has 0 saturated heterocycles. The number of ether oxygens (including phenoxy) is 1. The molecular formula is C15H25NO2. The second kappa shape index (κ2) is 6.07. The van der Waals surface area contributed by atoms with Gasteiger partial charge >= 0.3 is 6.09 Å². The molecule has 102 valence electrons. The lowest BCUT2D eigenvalue weighted by Gasteiger charge is -2.21. The number of hydrogen-bond donors (Lipinski definition) is 1. The van der Waals surface area contributed by atoms with Crippen LogP contribution in [0.15, 0.2) is 25.3 Å². The molecule has 1 saturated carbocycles. The van der Waals surface area contributed by atoms with E-state index in [9.17, 15) is 4.79 Å². The zero-order valence-electron chi connectivity index (χ0n) is 11.7. The predicted octanol–water partition coefficient (Wildman–Crippen LogP) is 3.53. The van der Waals surface area contributed by atoms with Crippen molar-refractivity contribution < 1.29 is 9.53 Å². The molecular weight excluding hydrogens is 226 g/mol. The van der Waals surface area contributed by atoms with Crippen LogP contribution in [0.3, 0.4) is 0 Å². The molecule has 0 bridgehead atoms. The van der Waals surface area contributed by atoms with Gasteiger partial charge in [0, 0.05) is 6.54 Å². The molecule has 18 heavy (non-hydrogen) atoms. The number of rotatable bonds is 4. The molecule has 3 heteroatoms. The molecule has 1 rings (SSSR count). The van der Waals surface area contributed by atoms with Crippen LogP contribution in [0, 0.1) is 17.8 Å². The highest BCUT2D eigenvalue weighted by atomic mass is 16.6. The lowest BCUT2D eigenvalue weighted by atomic mass is 9.96. The van der Waals surface area contributed by atoms with E-state index in [2.05, 4.69) is 18.5 Å². The van der Waals surface area contributed by atoms with Crippen LogP contribution in [-0.4, -0.2) is 18.2 Å². The SMILES string of the molecule is C=CC1CC(C=C)C(CNC(=O)OC(C)(C)C)C1. The van der Waals surface area contributed by atoms with E-state index in [4.69, 9.17) is 4.74 Å². The van der Waals surface area contributed by atoms with Gasteiger partial charge in [0.15, 0.2) is 0 Å². The van der Waals surface area contributed by atoms with Crippen molar-refractivity contribution in [2.24, 2.45) is 17.8 Å². The summed E-state index contributed by atoms with van der Waals surface area (Å²) in [6.07, 6.45) is 5.81. The Morgan fingerprint density at radius 3 is 2.50 bits per heavy atom. The van der Waals surface area contributed by atoms with Gasteiger partial charge in [-0.1, -0.05) is 12.2 Å². The minimum atomic E-state index is -0.443. The number of carbonyl (C=O) groups is 1. The predicted molar refractivity (Wildman–Crippen MR) is 74.3 cm³/mol. The maximum absolute atomic E-state index is 11.6. The highest BCUT2D eigenvalue weighted by Crippen LogP contribution is 2.37. The van der Waals surface area contributed by atoms with E-state index in [-0.39, 0.29) is 6.09 Å². The molecule has 1 fully saturated rings. The summed E-state index contributed by atoms with van der Waals surface area (Å²) < 4.78 is 5.22. The summed E-state index contributed by atoms with van der Waals surface area (Å²) >= 11 is 0.